The van der Waals surface area contributed by atoms with E-state index >= 15 is 0 Å². The first kappa shape index (κ1) is 24.8. The van der Waals surface area contributed by atoms with E-state index in [0.29, 0.717) is 0 Å². The van der Waals surface area contributed by atoms with Crippen LogP contribution >= 0.6 is 0 Å². The minimum Gasteiger partial charge on any atom is -0.444 e. The molecule has 4 nitrogen and oxygen atoms in total. The Hall–Kier alpha value is -3.82. The zero-order valence-electron chi connectivity index (χ0n) is 17.1. The fourth-order valence-electron chi connectivity index (χ4n) is 3.08. The summed E-state index contributed by atoms with van der Waals surface area (Å²) >= 11 is 0. The Morgan fingerprint density at radius 2 is 0.824 bits per heavy atom. The lowest BCUT2D eigenvalue weighted by Crippen LogP contribution is -2.28. The van der Waals surface area contributed by atoms with Crippen molar-refractivity contribution in [3.8, 4) is 0 Å². The lowest BCUT2D eigenvalue weighted by molar-refractivity contribution is -0.208. The van der Waals surface area contributed by atoms with Gasteiger partial charge in [0.05, 0.1) is 11.1 Å². The Morgan fingerprint density at radius 3 is 1.12 bits per heavy atom. The third-order valence-electron chi connectivity index (χ3n) is 4.62. The molecule has 0 radical (unpaired) electrons. The van der Waals surface area contributed by atoms with Gasteiger partial charge in [0.25, 0.3) is 0 Å². The predicted molar refractivity (Wildman–Crippen MR) is 108 cm³/mol. The van der Waals surface area contributed by atoms with Crippen LogP contribution in [0, 0.1) is 0 Å². The van der Waals surface area contributed by atoms with E-state index in [2.05, 4.69) is 9.47 Å². The molecule has 3 aromatic rings. The molecule has 0 saturated heterocycles. The van der Waals surface area contributed by atoms with E-state index in [1.54, 1.807) is 0 Å². The molecular formula is C24H16F6O4. The van der Waals surface area contributed by atoms with Crippen molar-refractivity contribution in [1.29, 1.82) is 0 Å². The van der Waals surface area contributed by atoms with Crippen molar-refractivity contribution < 1.29 is 45.4 Å². The van der Waals surface area contributed by atoms with Gasteiger partial charge in [0.15, 0.2) is 0 Å². The number of esters is 2. The highest BCUT2D eigenvalue weighted by Gasteiger charge is 2.46. The van der Waals surface area contributed by atoms with Gasteiger partial charge in [-0.05, 0) is 12.1 Å². The number of ether oxygens (including phenoxy) is 2. The predicted octanol–water partition coefficient (Wildman–Crippen LogP) is 6.61. The summed E-state index contributed by atoms with van der Waals surface area (Å²) in [6, 6.07) is 16.9. The van der Waals surface area contributed by atoms with Crippen molar-refractivity contribution in [2.24, 2.45) is 0 Å². The second-order valence-electron chi connectivity index (χ2n) is 7.02. The Bertz CT molecular complexity index is 1040. The van der Waals surface area contributed by atoms with Crippen molar-refractivity contribution in [2.45, 2.75) is 24.6 Å². The maximum absolute atomic E-state index is 13.5. The maximum Gasteiger partial charge on any atom is 0.429 e. The summed E-state index contributed by atoms with van der Waals surface area (Å²) in [7, 11) is 0. The van der Waals surface area contributed by atoms with Crippen LogP contribution < -0.4 is 0 Å². The molecule has 0 spiro atoms. The van der Waals surface area contributed by atoms with Gasteiger partial charge in [-0.2, -0.15) is 26.3 Å². The van der Waals surface area contributed by atoms with Crippen LogP contribution in [0.15, 0.2) is 84.9 Å². The van der Waals surface area contributed by atoms with Crippen molar-refractivity contribution in [3.63, 3.8) is 0 Å². The molecule has 0 fully saturated rings. The number of rotatable bonds is 6. The van der Waals surface area contributed by atoms with E-state index in [9.17, 15) is 35.9 Å². The van der Waals surface area contributed by atoms with Crippen molar-refractivity contribution >= 4 is 11.9 Å². The van der Waals surface area contributed by atoms with Crippen LogP contribution in [-0.4, -0.2) is 24.3 Å². The number of hydrogen-bond acceptors (Lipinski definition) is 4. The van der Waals surface area contributed by atoms with Gasteiger partial charge in [0.2, 0.25) is 12.2 Å². The highest BCUT2D eigenvalue weighted by Crippen LogP contribution is 2.38. The molecule has 0 aliphatic carbocycles. The Kier molecular flexibility index (Phi) is 7.29. The number of halogens is 6. The lowest BCUT2D eigenvalue weighted by Gasteiger charge is -2.23. The Morgan fingerprint density at radius 1 is 0.529 bits per heavy atom. The van der Waals surface area contributed by atoms with Gasteiger partial charge in [0, 0.05) is 11.1 Å². The second-order valence-corrected chi connectivity index (χ2v) is 7.02. The first-order valence-corrected chi connectivity index (χ1v) is 9.73. The summed E-state index contributed by atoms with van der Waals surface area (Å²) in [6.07, 6.45) is -15.3. The van der Waals surface area contributed by atoms with Gasteiger partial charge in [-0.1, -0.05) is 72.8 Å². The smallest absolute Gasteiger partial charge is 0.429 e. The zero-order valence-corrected chi connectivity index (χ0v) is 17.1. The molecular weight excluding hydrogens is 466 g/mol. The summed E-state index contributed by atoms with van der Waals surface area (Å²) in [6.45, 7) is 0. The first-order valence-electron chi connectivity index (χ1n) is 9.73. The topological polar surface area (TPSA) is 52.6 Å². The highest BCUT2D eigenvalue weighted by molar-refractivity contribution is 6.03. The van der Waals surface area contributed by atoms with Crippen LogP contribution in [0.5, 0.6) is 0 Å². The molecule has 0 aliphatic heterocycles. The van der Waals surface area contributed by atoms with E-state index in [1.807, 2.05) is 0 Å². The molecule has 3 aromatic carbocycles. The number of carbonyl (C=O) groups excluding carboxylic acids is 2. The number of alkyl halides is 6. The van der Waals surface area contributed by atoms with Crippen LogP contribution in [0.1, 0.15) is 44.1 Å². The van der Waals surface area contributed by atoms with Gasteiger partial charge < -0.3 is 9.47 Å². The first-order chi connectivity index (χ1) is 16.0. The standard InChI is InChI=1S/C24H16F6O4/c25-23(26,27)19(15-9-3-1-4-10-15)33-21(31)17-13-7-8-14-18(17)22(32)34-20(24(28,29)30)16-11-5-2-6-12-16/h1-14,19-20H. The van der Waals surface area contributed by atoms with Gasteiger partial charge in [-0.3, -0.25) is 0 Å². The highest BCUT2D eigenvalue weighted by atomic mass is 19.4. The minimum absolute atomic E-state index is 0.371. The van der Waals surface area contributed by atoms with Crippen molar-refractivity contribution in [3.05, 3.63) is 107 Å². The van der Waals surface area contributed by atoms with Crippen LogP contribution in [0.4, 0.5) is 26.3 Å². The van der Waals surface area contributed by atoms with Crippen LogP contribution in [0.3, 0.4) is 0 Å². The normalized spacial score (nSPS) is 13.6. The van der Waals surface area contributed by atoms with Crippen LogP contribution in [-0.2, 0) is 9.47 Å². The molecule has 0 amide bonds. The summed E-state index contributed by atoms with van der Waals surface area (Å²) in [5.41, 5.74) is -2.09. The summed E-state index contributed by atoms with van der Waals surface area (Å²) in [5.74, 6) is -3.11. The minimum atomic E-state index is -4.98. The quantitative estimate of drug-likeness (QED) is 0.293. The van der Waals surface area contributed by atoms with Gasteiger partial charge in [0.1, 0.15) is 0 Å². The van der Waals surface area contributed by atoms with Gasteiger partial charge in [-0.15, -0.1) is 0 Å². The third kappa shape index (κ3) is 5.94. The largest absolute Gasteiger partial charge is 0.444 e. The SMILES string of the molecule is O=C(OC(c1ccccc1)C(F)(F)F)c1ccccc1C(=O)OC(c1ccccc1)C(F)(F)F. The fraction of sp³-hybridized carbons (Fsp3) is 0.167. The Labute approximate surface area is 189 Å². The van der Waals surface area contributed by atoms with Crippen LogP contribution in [0.2, 0.25) is 0 Å². The average Bonchev–Trinajstić information content (AvgIpc) is 2.80. The van der Waals surface area contributed by atoms with E-state index in [0.717, 1.165) is 36.4 Å². The maximum atomic E-state index is 13.5. The van der Waals surface area contributed by atoms with Gasteiger partial charge in [-0.25, -0.2) is 9.59 Å². The molecule has 10 heteroatoms. The van der Waals surface area contributed by atoms with Crippen LogP contribution in [0.25, 0.3) is 0 Å². The van der Waals surface area contributed by atoms with Crippen molar-refractivity contribution in [2.75, 3.05) is 0 Å². The van der Waals surface area contributed by atoms with E-state index in [1.165, 1.54) is 48.5 Å². The zero-order chi connectivity index (χ0) is 24.9. The van der Waals surface area contributed by atoms with E-state index < -0.39 is 47.6 Å². The summed E-state index contributed by atoms with van der Waals surface area (Å²) in [5, 5.41) is 0. The number of hydrogen-bond donors (Lipinski definition) is 0. The molecule has 178 valence electrons. The molecule has 0 bridgehead atoms. The van der Waals surface area contributed by atoms with Gasteiger partial charge >= 0.3 is 24.3 Å². The molecule has 0 aromatic heterocycles. The molecule has 2 unspecified atom stereocenters. The van der Waals surface area contributed by atoms with E-state index in [4.69, 9.17) is 0 Å². The number of benzene rings is 3. The average molecular weight is 482 g/mol. The second kappa shape index (κ2) is 9.98. The molecule has 0 aliphatic rings. The third-order valence-corrected chi connectivity index (χ3v) is 4.62. The van der Waals surface area contributed by atoms with E-state index in [-0.39, 0.29) is 11.1 Å². The van der Waals surface area contributed by atoms with Crippen molar-refractivity contribution in [1.82, 2.24) is 0 Å². The fourth-order valence-corrected chi connectivity index (χ4v) is 3.08. The molecule has 3 rings (SSSR count). The monoisotopic (exact) mass is 482 g/mol. The molecule has 0 heterocycles. The molecule has 34 heavy (non-hydrogen) atoms. The lowest BCUT2D eigenvalue weighted by atomic mass is 10.1. The molecule has 0 N–H and O–H groups in total. The Balaban J connectivity index is 1.90. The summed E-state index contributed by atoms with van der Waals surface area (Å²) in [4.78, 5) is 25.2. The molecule has 2 atom stereocenters. The summed E-state index contributed by atoms with van der Waals surface area (Å²) < 4.78 is 90.5. The number of carbonyl (C=O) groups is 2. The molecule has 0 saturated carbocycles.